The lowest BCUT2D eigenvalue weighted by atomic mass is 10.1. The van der Waals surface area contributed by atoms with Gasteiger partial charge in [0.2, 0.25) is 0 Å². The van der Waals surface area contributed by atoms with Crippen LogP contribution in [0.25, 0.3) is 6.08 Å². The van der Waals surface area contributed by atoms with Crippen LogP contribution in [0.15, 0.2) is 66.4 Å². The summed E-state index contributed by atoms with van der Waals surface area (Å²) in [6, 6.07) is 14.9. The molecule has 4 rings (SSSR count). The van der Waals surface area contributed by atoms with Crippen molar-refractivity contribution in [2.75, 3.05) is 7.11 Å². The van der Waals surface area contributed by atoms with Crippen molar-refractivity contribution in [1.82, 2.24) is 10.2 Å². The number of imide groups is 1. The van der Waals surface area contributed by atoms with E-state index in [0.717, 1.165) is 4.90 Å². The maximum atomic E-state index is 14.0. The van der Waals surface area contributed by atoms with E-state index in [1.54, 1.807) is 30.3 Å². The molecule has 0 saturated carbocycles. The molecule has 1 N–H and O–H groups in total. The summed E-state index contributed by atoms with van der Waals surface area (Å²) in [4.78, 5) is 26.1. The third kappa shape index (κ3) is 5.19. The first-order valence-corrected chi connectivity index (χ1v) is 11.3. The highest BCUT2D eigenvalue weighted by Gasteiger charge is 2.34. The molecular formula is C25H19F2IN2O4. The van der Waals surface area contributed by atoms with Gasteiger partial charge in [0.15, 0.2) is 11.5 Å². The third-order valence-electron chi connectivity index (χ3n) is 5.08. The lowest BCUT2D eigenvalue weighted by Crippen LogP contribution is -2.30. The average Bonchev–Trinajstić information content (AvgIpc) is 3.06. The maximum Gasteiger partial charge on any atom is 0.329 e. The van der Waals surface area contributed by atoms with Crippen LogP contribution in [0.5, 0.6) is 11.5 Å². The number of benzene rings is 3. The second-order valence-electron chi connectivity index (χ2n) is 7.42. The number of ether oxygens (including phenoxy) is 2. The van der Waals surface area contributed by atoms with Gasteiger partial charge in [-0.3, -0.25) is 9.69 Å². The Labute approximate surface area is 208 Å². The fourth-order valence-corrected chi connectivity index (χ4v) is 4.21. The van der Waals surface area contributed by atoms with Crippen molar-refractivity contribution in [3.05, 3.63) is 98.3 Å². The SMILES string of the molecule is COc1cc(/C=C2/NC(=O)N(Cc3ccccc3F)C2=O)cc(I)c1OCc1cccc(F)c1. The number of hydrogen-bond donors (Lipinski definition) is 1. The molecule has 0 atom stereocenters. The van der Waals surface area contributed by atoms with Crippen molar-refractivity contribution in [3.8, 4) is 11.5 Å². The van der Waals surface area contributed by atoms with E-state index in [9.17, 15) is 18.4 Å². The Morgan fingerprint density at radius 2 is 1.85 bits per heavy atom. The van der Waals surface area contributed by atoms with Crippen LogP contribution in [-0.4, -0.2) is 23.9 Å². The highest BCUT2D eigenvalue weighted by atomic mass is 127. The van der Waals surface area contributed by atoms with Crippen LogP contribution < -0.4 is 14.8 Å². The molecule has 3 aromatic rings. The summed E-state index contributed by atoms with van der Waals surface area (Å²) in [6.07, 6.45) is 1.52. The van der Waals surface area contributed by atoms with Crippen LogP contribution in [0.1, 0.15) is 16.7 Å². The molecule has 0 radical (unpaired) electrons. The lowest BCUT2D eigenvalue weighted by Gasteiger charge is -2.14. The van der Waals surface area contributed by atoms with Gasteiger partial charge in [0, 0.05) is 5.56 Å². The number of methoxy groups -OCH3 is 1. The summed E-state index contributed by atoms with van der Waals surface area (Å²) in [5.41, 5.74) is 1.56. The Hall–Kier alpha value is -3.47. The Morgan fingerprint density at radius 1 is 1.06 bits per heavy atom. The molecule has 3 amide bonds. The van der Waals surface area contributed by atoms with Gasteiger partial charge < -0.3 is 14.8 Å². The van der Waals surface area contributed by atoms with Crippen molar-refractivity contribution in [2.45, 2.75) is 13.2 Å². The predicted octanol–water partition coefficient (Wildman–Crippen LogP) is 5.25. The first kappa shape index (κ1) is 23.7. The van der Waals surface area contributed by atoms with Crippen LogP contribution in [-0.2, 0) is 17.9 Å². The fourth-order valence-electron chi connectivity index (χ4n) is 3.42. The zero-order valence-electron chi connectivity index (χ0n) is 18.0. The number of amides is 3. The second-order valence-corrected chi connectivity index (χ2v) is 8.59. The molecule has 1 aliphatic heterocycles. The lowest BCUT2D eigenvalue weighted by molar-refractivity contribution is -0.123. The van der Waals surface area contributed by atoms with E-state index in [4.69, 9.17) is 9.47 Å². The molecule has 0 unspecified atom stereocenters. The minimum absolute atomic E-state index is 0.0626. The minimum Gasteiger partial charge on any atom is -0.493 e. The van der Waals surface area contributed by atoms with Gasteiger partial charge in [0.1, 0.15) is 23.9 Å². The van der Waals surface area contributed by atoms with Crippen molar-refractivity contribution < 1.29 is 27.8 Å². The largest absolute Gasteiger partial charge is 0.493 e. The van der Waals surface area contributed by atoms with Crippen molar-refractivity contribution >= 4 is 40.6 Å². The smallest absolute Gasteiger partial charge is 0.329 e. The predicted molar refractivity (Wildman–Crippen MR) is 130 cm³/mol. The van der Waals surface area contributed by atoms with E-state index in [1.807, 2.05) is 0 Å². The molecule has 1 heterocycles. The Balaban J connectivity index is 1.54. The number of halogens is 3. The van der Waals surface area contributed by atoms with Crippen molar-refractivity contribution in [2.24, 2.45) is 0 Å². The molecule has 6 nitrogen and oxygen atoms in total. The monoisotopic (exact) mass is 576 g/mol. The van der Waals surface area contributed by atoms with E-state index in [1.165, 1.54) is 43.5 Å². The summed E-state index contributed by atoms with van der Waals surface area (Å²) < 4.78 is 39.4. The minimum atomic E-state index is -0.629. The number of nitrogens with one attached hydrogen (secondary N) is 1. The molecule has 34 heavy (non-hydrogen) atoms. The number of rotatable bonds is 7. The van der Waals surface area contributed by atoms with Gasteiger partial charge >= 0.3 is 6.03 Å². The highest BCUT2D eigenvalue weighted by molar-refractivity contribution is 14.1. The van der Waals surface area contributed by atoms with Crippen LogP contribution in [0.4, 0.5) is 13.6 Å². The molecule has 0 aromatic heterocycles. The summed E-state index contributed by atoms with van der Waals surface area (Å²) in [5.74, 6) is -0.521. The molecule has 9 heteroatoms. The van der Waals surface area contributed by atoms with Crippen LogP contribution in [0.2, 0.25) is 0 Å². The molecule has 3 aromatic carbocycles. The molecule has 0 bridgehead atoms. The van der Waals surface area contributed by atoms with E-state index in [2.05, 4.69) is 27.9 Å². The number of hydrogen-bond acceptors (Lipinski definition) is 4. The van der Waals surface area contributed by atoms with Crippen molar-refractivity contribution in [1.29, 1.82) is 0 Å². The van der Waals surface area contributed by atoms with Gasteiger partial charge in [-0.1, -0.05) is 30.3 Å². The molecule has 1 fully saturated rings. The molecule has 0 aliphatic carbocycles. The Morgan fingerprint density at radius 3 is 2.59 bits per heavy atom. The summed E-state index contributed by atoms with van der Waals surface area (Å²) >= 11 is 2.07. The Bertz CT molecular complexity index is 1300. The quantitative estimate of drug-likeness (QED) is 0.237. The van der Waals surface area contributed by atoms with E-state index in [-0.39, 0.29) is 30.2 Å². The van der Waals surface area contributed by atoms with Crippen LogP contribution in [0.3, 0.4) is 0 Å². The molecule has 1 aliphatic rings. The van der Waals surface area contributed by atoms with E-state index >= 15 is 0 Å². The number of nitrogens with zero attached hydrogens (tertiary/aromatic N) is 1. The normalized spacial score (nSPS) is 14.5. The van der Waals surface area contributed by atoms with Gasteiger partial charge in [0.25, 0.3) is 5.91 Å². The number of carbonyl (C=O) groups excluding carboxylic acids is 2. The molecule has 0 spiro atoms. The standard InChI is InChI=1S/C25H19F2IN2O4/c1-33-22-12-16(10-20(28)23(22)34-14-15-5-4-7-18(26)9-15)11-21-24(31)30(25(32)29-21)13-17-6-2-3-8-19(17)27/h2-12H,13-14H2,1H3,(H,29,32)/b21-11+. The van der Waals surface area contributed by atoms with Crippen LogP contribution in [0, 0.1) is 15.2 Å². The first-order chi connectivity index (χ1) is 16.4. The van der Waals surface area contributed by atoms with Gasteiger partial charge in [-0.2, -0.15) is 0 Å². The van der Waals surface area contributed by atoms with Crippen molar-refractivity contribution in [3.63, 3.8) is 0 Å². The zero-order valence-corrected chi connectivity index (χ0v) is 20.1. The number of carbonyl (C=O) groups is 2. The third-order valence-corrected chi connectivity index (χ3v) is 5.88. The van der Waals surface area contributed by atoms with Gasteiger partial charge in [-0.25, -0.2) is 13.6 Å². The van der Waals surface area contributed by atoms with Crippen LogP contribution >= 0.6 is 22.6 Å². The van der Waals surface area contributed by atoms with E-state index in [0.29, 0.717) is 26.2 Å². The number of urea groups is 1. The summed E-state index contributed by atoms with van der Waals surface area (Å²) in [5, 5.41) is 2.53. The maximum absolute atomic E-state index is 14.0. The second kappa shape index (κ2) is 10.2. The van der Waals surface area contributed by atoms with E-state index < -0.39 is 17.8 Å². The topological polar surface area (TPSA) is 67.9 Å². The Kier molecular flexibility index (Phi) is 7.11. The fraction of sp³-hybridized carbons (Fsp3) is 0.120. The van der Waals surface area contributed by atoms with Gasteiger partial charge in [-0.15, -0.1) is 0 Å². The average molecular weight is 576 g/mol. The molecular weight excluding hydrogens is 557 g/mol. The van der Waals surface area contributed by atoms with Gasteiger partial charge in [-0.05, 0) is 70.1 Å². The first-order valence-electron chi connectivity index (χ1n) is 10.2. The zero-order chi connectivity index (χ0) is 24.2. The molecule has 174 valence electrons. The highest BCUT2D eigenvalue weighted by Crippen LogP contribution is 2.35. The van der Waals surface area contributed by atoms with Gasteiger partial charge in [0.05, 0.1) is 17.2 Å². The molecule has 1 saturated heterocycles. The summed E-state index contributed by atoms with van der Waals surface area (Å²) in [6.45, 7) is -0.0352. The summed E-state index contributed by atoms with van der Waals surface area (Å²) in [7, 11) is 1.48.